The number of amides is 1. The molecule has 0 fully saturated rings. The highest BCUT2D eigenvalue weighted by atomic mass is 16.3. The van der Waals surface area contributed by atoms with Gasteiger partial charge in [0.15, 0.2) is 0 Å². The van der Waals surface area contributed by atoms with Crippen molar-refractivity contribution < 1.29 is 15.0 Å². The number of hydrogen-bond acceptors (Lipinski definition) is 3. The van der Waals surface area contributed by atoms with E-state index in [1.54, 1.807) is 0 Å². The maximum atomic E-state index is 12.4. The van der Waals surface area contributed by atoms with Crippen LogP contribution in [0.25, 0.3) is 0 Å². The molecule has 0 aliphatic rings. The van der Waals surface area contributed by atoms with Gasteiger partial charge < -0.3 is 15.5 Å². The lowest BCUT2D eigenvalue weighted by molar-refractivity contribution is -0.123. The van der Waals surface area contributed by atoms with Crippen molar-refractivity contribution in [3.05, 3.63) is 12.2 Å². The molecule has 0 bridgehead atoms. The molecule has 1 amide bonds. The molecular formula is C43H85NO3. The molecule has 0 saturated heterocycles. The first-order chi connectivity index (χ1) is 23.2. The maximum Gasteiger partial charge on any atom is 0.220 e. The first kappa shape index (κ1) is 46.1. The Kier molecular flexibility index (Phi) is 38.8. The fourth-order valence-electron chi connectivity index (χ4n) is 6.71. The summed E-state index contributed by atoms with van der Waals surface area (Å²) < 4.78 is 0. The van der Waals surface area contributed by atoms with E-state index in [1.165, 1.54) is 186 Å². The summed E-state index contributed by atoms with van der Waals surface area (Å²) in [6, 6.07) is -0.534. The fourth-order valence-corrected chi connectivity index (χ4v) is 6.71. The minimum Gasteiger partial charge on any atom is -0.394 e. The zero-order valence-corrected chi connectivity index (χ0v) is 32.1. The molecule has 0 aromatic rings. The standard InChI is InChI=1S/C43H85NO3/c1-3-5-7-9-11-13-15-17-18-19-20-21-22-23-24-25-27-29-31-33-35-37-39-43(47)44-41(40-45)42(46)38-36-34-32-30-28-26-16-14-12-10-8-6-4-2/h22-23,41-42,45-46H,3-21,24-40H2,1-2H3,(H,44,47)/b23-22-. The normalized spacial score (nSPS) is 13.0. The molecule has 0 aliphatic heterocycles. The molecule has 280 valence electrons. The molecular weight excluding hydrogens is 578 g/mol. The Balaban J connectivity index is 3.49. The van der Waals surface area contributed by atoms with Gasteiger partial charge in [-0.15, -0.1) is 0 Å². The van der Waals surface area contributed by atoms with E-state index in [9.17, 15) is 15.0 Å². The monoisotopic (exact) mass is 664 g/mol. The third-order valence-corrected chi connectivity index (χ3v) is 10.0. The van der Waals surface area contributed by atoms with E-state index in [4.69, 9.17) is 0 Å². The van der Waals surface area contributed by atoms with Crippen LogP contribution >= 0.6 is 0 Å². The van der Waals surface area contributed by atoms with Crippen molar-refractivity contribution >= 4 is 5.91 Å². The Hall–Kier alpha value is -0.870. The first-order valence-corrected chi connectivity index (χ1v) is 21.4. The van der Waals surface area contributed by atoms with Crippen molar-refractivity contribution in [2.24, 2.45) is 0 Å². The molecule has 2 unspecified atom stereocenters. The number of hydrogen-bond donors (Lipinski definition) is 3. The van der Waals surface area contributed by atoms with Crippen molar-refractivity contribution in [3.63, 3.8) is 0 Å². The number of unbranched alkanes of at least 4 members (excludes halogenated alkanes) is 30. The molecule has 0 aromatic heterocycles. The van der Waals surface area contributed by atoms with Gasteiger partial charge in [-0.2, -0.15) is 0 Å². The summed E-state index contributed by atoms with van der Waals surface area (Å²) in [5.41, 5.74) is 0. The predicted octanol–water partition coefficient (Wildman–Crippen LogP) is 13.1. The highest BCUT2D eigenvalue weighted by Crippen LogP contribution is 2.16. The van der Waals surface area contributed by atoms with Crippen LogP contribution in [0, 0.1) is 0 Å². The Morgan fingerprint density at radius 2 is 0.809 bits per heavy atom. The number of rotatable bonds is 39. The number of carbonyl (C=O) groups excluding carboxylic acids is 1. The van der Waals surface area contributed by atoms with Crippen molar-refractivity contribution in [3.8, 4) is 0 Å². The summed E-state index contributed by atoms with van der Waals surface area (Å²) in [6.45, 7) is 4.37. The van der Waals surface area contributed by atoms with E-state index in [2.05, 4.69) is 31.3 Å². The van der Waals surface area contributed by atoms with E-state index >= 15 is 0 Å². The van der Waals surface area contributed by atoms with E-state index < -0.39 is 12.1 Å². The number of nitrogens with one attached hydrogen (secondary N) is 1. The molecule has 4 nitrogen and oxygen atoms in total. The molecule has 0 saturated carbocycles. The quantitative estimate of drug-likeness (QED) is 0.0453. The van der Waals surface area contributed by atoms with Crippen molar-refractivity contribution in [2.75, 3.05) is 6.61 Å². The largest absolute Gasteiger partial charge is 0.394 e. The average molecular weight is 664 g/mol. The van der Waals surface area contributed by atoms with Gasteiger partial charge in [0.2, 0.25) is 5.91 Å². The second-order valence-corrected chi connectivity index (χ2v) is 14.8. The van der Waals surface area contributed by atoms with Crippen LogP contribution in [0.1, 0.15) is 239 Å². The number of aliphatic hydroxyl groups is 2. The molecule has 0 heterocycles. The van der Waals surface area contributed by atoms with Crippen molar-refractivity contribution in [1.82, 2.24) is 5.32 Å². The van der Waals surface area contributed by atoms with Gasteiger partial charge in [0.25, 0.3) is 0 Å². The van der Waals surface area contributed by atoms with Gasteiger partial charge in [-0.25, -0.2) is 0 Å². The smallest absolute Gasteiger partial charge is 0.220 e. The summed E-state index contributed by atoms with van der Waals surface area (Å²) in [7, 11) is 0. The summed E-state index contributed by atoms with van der Waals surface area (Å²) in [6.07, 6.45) is 48.5. The van der Waals surface area contributed by atoms with E-state index in [0.717, 1.165) is 25.7 Å². The lowest BCUT2D eigenvalue weighted by Crippen LogP contribution is -2.45. The minimum atomic E-state index is -0.656. The third-order valence-electron chi connectivity index (χ3n) is 10.0. The first-order valence-electron chi connectivity index (χ1n) is 21.4. The van der Waals surface area contributed by atoms with Crippen molar-refractivity contribution in [2.45, 2.75) is 251 Å². The highest BCUT2D eigenvalue weighted by Gasteiger charge is 2.20. The molecule has 4 heteroatoms. The topological polar surface area (TPSA) is 69.6 Å². The van der Waals surface area contributed by atoms with Gasteiger partial charge in [-0.1, -0.05) is 206 Å². The van der Waals surface area contributed by atoms with Crippen LogP contribution < -0.4 is 5.32 Å². The van der Waals surface area contributed by atoms with Crippen LogP contribution in [0.15, 0.2) is 12.2 Å². The van der Waals surface area contributed by atoms with Gasteiger partial charge in [0, 0.05) is 6.42 Å². The van der Waals surface area contributed by atoms with Gasteiger partial charge >= 0.3 is 0 Å². The lowest BCUT2D eigenvalue weighted by Gasteiger charge is -2.22. The second-order valence-electron chi connectivity index (χ2n) is 14.8. The predicted molar refractivity (Wildman–Crippen MR) is 207 cm³/mol. The third kappa shape index (κ3) is 36.2. The van der Waals surface area contributed by atoms with Crippen LogP contribution in [-0.4, -0.2) is 34.9 Å². The molecule has 47 heavy (non-hydrogen) atoms. The number of carbonyl (C=O) groups is 1. The molecule has 0 aromatic carbocycles. The maximum absolute atomic E-state index is 12.4. The zero-order chi connectivity index (χ0) is 34.3. The van der Waals surface area contributed by atoms with Crippen LogP contribution in [0.2, 0.25) is 0 Å². The number of allylic oxidation sites excluding steroid dienone is 2. The minimum absolute atomic E-state index is 0.0339. The van der Waals surface area contributed by atoms with E-state index in [-0.39, 0.29) is 12.5 Å². The van der Waals surface area contributed by atoms with Gasteiger partial charge in [-0.3, -0.25) is 4.79 Å². The molecule has 0 aliphatic carbocycles. The van der Waals surface area contributed by atoms with Crippen LogP contribution in [0.4, 0.5) is 0 Å². The Bertz CT molecular complexity index is 637. The molecule has 2 atom stereocenters. The molecule has 3 N–H and O–H groups in total. The van der Waals surface area contributed by atoms with E-state index in [0.29, 0.717) is 12.8 Å². The summed E-state index contributed by atoms with van der Waals surface area (Å²) in [5, 5.41) is 23.1. The van der Waals surface area contributed by atoms with Crippen LogP contribution in [0.3, 0.4) is 0 Å². The van der Waals surface area contributed by atoms with Gasteiger partial charge in [0.05, 0.1) is 18.8 Å². The van der Waals surface area contributed by atoms with Gasteiger partial charge in [-0.05, 0) is 38.5 Å². The fraction of sp³-hybridized carbons (Fsp3) is 0.930. The second kappa shape index (κ2) is 39.6. The van der Waals surface area contributed by atoms with Crippen LogP contribution in [0.5, 0.6) is 0 Å². The van der Waals surface area contributed by atoms with Gasteiger partial charge in [0.1, 0.15) is 0 Å². The lowest BCUT2D eigenvalue weighted by atomic mass is 10.0. The summed E-state index contributed by atoms with van der Waals surface area (Å²) >= 11 is 0. The SMILES string of the molecule is CCCCCCCCCCCCC/C=C\CCCCCCCCCC(=O)NC(CO)C(O)CCCCCCCCCCCCCCC. The molecule has 0 spiro atoms. The zero-order valence-electron chi connectivity index (χ0n) is 32.1. The number of aliphatic hydroxyl groups excluding tert-OH is 2. The molecule has 0 rings (SSSR count). The Morgan fingerprint density at radius 3 is 1.17 bits per heavy atom. The van der Waals surface area contributed by atoms with Crippen molar-refractivity contribution in [1.29, 1.82) is 0 Å². The van der Waals surface area contributed by atoms with Crippen LogP contribution in [-0.2, 0) is 4.79 Å². The Labute approximate surface area is 295 Å². The Morgan fingerprint density at radius 1 is 0.489 bits per heavy atom. The van der Waals surface area contributed by atoms with E-state index in [1.807, 2.05) is 0 Å². The summed E-state index contributed by atoms with van der Waals surface area (Å²) in [5.74, 6) is -0.0339. The summed E-state index contributed by atoms with van der Waals surface area (Å²) in [4.78, 5) is 12.4. The molecule has 0 radical (unpaired) electrons. The highest BCUT2D eigenvalue weighted by molar-refractivity contribution is 5.76. The average Bonchev–Trinajstić information content (AvgIpc) is 3.07.